The quantitative estimate of drug-likeness (QED) is 0.865. The molecule has 0 aliphatic carbocycles. The maximum atomic E-state index is 12.6. The Labute approximate surface area is 113 Å². The van der Waals surface area contributed by atoms with Crippen molar-refractivity contribution in [3.05, 3.63) is 22.8 Å². The molecule has 7 heteroatoms. The van der Waals surface area contributed by atoms with E-state index < -0.39 is 11.7 Å². The minimum Gasteiger partial charge on any atom is -0.348 e. The molecule has 0 radical (unpaired) electrons. The number of nitrogens with two attached hydrogens (primary N) is 1. The van der Waals surface area contributed by atoms with E-state index in [4.69, 9.17) is 17.3 Å². The van der Waals surface area contributed by atoms with Crippen LogP contribution in [0.1, 0.15) is 24.8 Å². The first-order valence-corrected chi connectivity index (χ1v) is 6.52. The SMILES string of the molecule is N[C@@H]1C[C@H]2CC[C@@H]1N2c1ncc(C(F)(F)F)cc1Cl. The van der Waals surface area contributed by atoms with Gasteiger partial charge in [0.05, 0.1) is 10.6 Å². The summed E-state index contributed by atoms with van der Waals surface area (Å²) in [6.45, 7) is 0. The molecule has 0 unspecified atom stereocenters. The summed E-state index contributed by atoms with van der Waals surface area (Å²) in [5, 5.41) is 0.0424. The number of fused-ring (bicyclic) bond motifs is 2. The van der Waals surface area contributed by atoms with Crippen LogP contribution in [0.15, 0.2) is 12.3 Å². The molecule has 2 saturated heterocycles. The molecular formula is C12H13ClF3N3. The molecule has 3 rings (SSSR count). The largest absolute Gasteiger partial charge is 0.417 e. The smallest absolute Gasteiger partial charge is 0.348 e. The van der Waals surface area contributed by atoms with Gasteiger partial charge in [0, 0.05) is 24.3 Å². The van der Waals surface area contributed by atoms with E-state index in [2.05, 4.69) is 4.98 Å². The molecule has 1 aromatic rings. The Morgan fingerprint density at radius 3 is 2.58 bits per heavy atom. The Kier molecular flexibility index (Phi) is 2.90. The first kappa shape index (κ1) is 13.0. The number of nitrogens with zero attached hydrogens (tertiary/aromatic N) is 2. The highest BCUT2D eigenvalue weighted by Crippen LogP contribution is 2.43. The van der Waals surface area contributed by atoms with E-state index in [1.165, 1.54) is 0 Å². The van der Waals surface area contributed by atoms with Gasteiger partial charge >= 0.3 is 6.18 Å². The van der Waals surface area contributed by atoms with Crippen molar-refractivity contribution in [1.82, 2.24) is 4.98 Å². The van der Waals surface area contributed by atoms with Crippen molar-refractivity contribution in [2.24, 2.45) is 5.73 Å². The molecule has 2 N–H and O–H groups in total. The molecule has 2 bridgehead atoms. The summed E-state index contributed by atoms with van der Waals surface area (Å²) in [6.07, 6.45) is -0.786. The van der Waals surface area contributed by atoms with Crippen LogP contribution in [-0.2, 0) is 6.18 Å². The third-order valence-corrected chi connectivity index (χ3v) is 4.26. The van der Waals surface area contributed by atoms with Crippen LogP contribution in [0.2, 0.25) is 5.02 Å². The normalized spacial score (nSPS) is 30.2. The van der Waals surface area contributed by atoms with Crippen molar-refractivity contribution < 1.29 is 13.2 Å². The van der Waals surface area contributed by atoms with Crippen molar-refractivity contribution in [3.8, 4) is 0 Å². The molecule has 2 fully saturated rings. The van der Waals surface area contributed by atoms with Crippen LogP contribution < -0.4 is 10.6 Å². The molecule has 104 valence electrons. The van der Waals surface area contributed by atoms with Crippen LogP contribution in [0.25, 0.3) is 0 Å². The first-order chi connectivity index (χ1) is 8.88. The fourth-order valence-corrected chi connectivity index (χ4v) is 3.40. The van der Waals surface area contributed by atoms with E-state index in [1.54, 1.807) is 0 Å². The summed E-state index contributed by atoms with van der Waals surface area (Å²) in [4.78, 5) is 5.91. The fraction of sp³-hybridized carbons (Fsp3) is 0.583. The molecule has 0 amide bonds. The lowest BCUT2D eigenvalue weighted by Crippen LogP contribution is -2.37. The lowest BCUT2D eigenvalue weighted by Gasteiger charge is -2.25. The topological polar surface area (TPSA) is 42.1 Å². The van der Waals surface area contributed by atoms with Gasteiger partial charge in [-0.2, -0.15) is 13.2 Å². The fourth-order valence-electron chi connectivity index (χ4n) is 3.14. The Bertz CT molecular complexity index is 505. The zero-order valence-corrected chi connectivity index (χ0v) is 10.7. The zero-order valence-electron chi connectivity index (χ0n) is 9.99. The number of pyridine rings is 1. The minimum absolute atomic E-state index is 0.0424. The third-order valence-electron chi connectivity index (χ3n) is 3.98. The van der Waals surface area contributed by atoms with Gasteiger partial charge in [-0.3, -0.25) is 0 Å². The van der Waals surface area contributed by atoms with Gasteiger partial charge in [-0.05, 0) is 25.3 Å². The minimum atomic E-state index is -4.42. The van der Waals surface area contributed by atoms with E-state index in [9.17, 15) is 13.2 Å². The second-order valence-corrected chi connectivity index (χ2v) is 5.54. The summed E-state index contributed by atoms with van der Waals surface area (Å²) in [6, 6.07) is 1.39. The van der Waals surface area contributed by atoms with E-state index in [0.29, 0.717) is 5.82 Å². The average Bonchev–Trinajstić information content (AvgIpc) is 2.84. The molecule has 3 atom stereocenters. The number of halogens is 4. The van der Waals surface area contributed by atoms with Crippen LogP contribution in [0, 0.1) is 0 Å². The average molecular weight is 292 g/mol. The second-order valence-electron chi connectivity index (χ2n) is 5.13. The summed E-state index contributed by atoms with van der Waals surface area (Å²) in [7, 11) is 0. The van der Waals surface area contributed by atoms with Gasteiger partial charge < -0.3 is 10.6 Å². The van der Waals surface area contributed by atoms with Crippen molar-refractivity contribution in [3.63, 3.8) is 0 Å². The summed E-state index contributed by atoms with van der Waals surface area (Å²) in [5.74, 6) is 0.426. The van der Waals surface area contributed by atoms with Crippen LogP contribution >= 0.6 is 11.6 Å². The zero-order chi connectivity index (χ0) is 13.8. The molecule has 0 aromatic carbocycles. The van der Waals surface area contributed by atoms with Gasteiger partial charge in [-0.1, -0.05) is 11.6 Å². The summed E-state index contributed by atoms with van der Waals surface area (Å²) < 4.78 is 37.7. The van der Waals surface area contributed by atoms with E-state index in [-0.39, 0.29) is 23.1 Å². The van der Waals surface area contributed by atoms with Gasteiger partial charge in [-0.15, -0.1) is 0 Å². The molecule has 19 heavy (non-hydrogen) atoms. The number of aromatic nitrogens is 1. The van der Waals surface area contributed by atoms with Crippen molar-refractivity contribution in [2.75, 3.05) is 4.90 Å². The lowest BCUT2D eigenvalue weighted by molar-refractivity contribution is -0.137. The number of anilines is 1. The monoisotopic (exact) mass is 291 g/mol. The van der Waals surface area contributed by atoms with Gasteiger partial charge in [0.2, 0.25) is 0 Å². The number of hydrogen-bond acceptors (Lipinski definition) is 3. The number of hydrogen-bond donors (Lipinski definition) is 1. The molecule has 0 spiro atoms. The predicted molar refractivity (Wildman–Crippen MR) is 66.1 cm³/mol. The Hall–Kier alpha value is -1.01. The molecular weight excluding hydrogens is 279 g/mol. The molecule has 3 heterocycles. The predicted octanol–water partition coefficient (Wildman–Crippen LogP) is 2.82. The number of rotatable bonds is 1. The van der Waals surface area contributed by atoms with Crippen molar-refractivity contribution in [2.45, 2.75) is 43.6 Å². The van der Waals surface area contributed by atoms with Gasteiger partial charge in [0.1, 0.15) is 5.82 Å². The third kappa shape index (κ3) is 2.07. The summed E-state index contributed by atoms with van der Waals surface area (Å²) in [5.41, 5.74) is 5.18. The van der Waals surface area contributed by atoms with Crippen LogP contribution in [0.4, 0.5) is 19.0 Å². The van der Waals surface area contributed by atoms with Crippen LogP contribution in [0.5, 0.6) is 0 Å². The Morgan fingerprint density at radius 2 is 2.11 bits per heavy atom. The Morgan fingerprint density at radius 1 is 1.37 bits per heavy atom. The van der Waals surface area contributed by atoms with Crippen LogP contribution in [0.3, 0.4) is 0 Å². The second kappa shape index (κ2) is 4.24. The highest BCUT2D eigenvalue weighted by atomic mass is 35.5. The van der Waals surface area contributed by atoms with Crippen molar-refractivity contribution in [1.29, 1.82) is 0 Å². The molecule has 1 aromatic heterocycles. The van der Waals surface area contributed by atoms with E-state index >= 15 is 0 Å². The Balaban J connectivity index is 1.95. The molecule has 0 saturated carbocycles. The highest BCUT2D eigenvalue weighted by Gasteiger charge is 2.46. The van der Waals surface area contributed by atoms with Crippen LogP contribution in [-0.4, -0.2) is 23.1 Å². The molecule has 2 aliphatic heterocycles. The standard InChI is InChI=1S/C12H13ClF3N3/c13-8-3-6(12(14,15)16)5-18-11(8)19-7-1-2-10(19)9(17)4-7/h3,5,7,9-10H,1-2,4,17H2/t7-,9-,10+/m1/s1. The molecule has 2 aliphatic rings. The lowest BCUT2D eigenvalue weighted by atomic mass is 9.97. The summed E-state index contributed by atoms with van der Waals surface area (Å²) >= 11 is 5.98. The number of alkyl halides is 3. The van der Waals surface area contributed by atoms with E-state index in [0.717, 1.165) is 31.5 Å². The maximum absolute atomic E-state index is 12.6. The van der Waals surface area contributed by atoms with Gasteiger partial charge in [-0.25, -0.2) is 4.98 Å². The van der Waals surface area contributed by atoms with E-state index in [1.807, 2.05) is 4.90 Å². The van der Waals surface area contributed by atoms with Crippen molar-refractivity contribution >= 4 is 17.4 Å². The first-order valence-electron chi connectivity index (χ1n) is 6.14. The highest BCUT2D eigenvalue weighted by molar-refractivity contribution is 6.33. The van der Waals surface area contributed by atoms with Gasteiger partial charge in [0.15, 0.2) is 0 Å². The van der Waals surface area contributed by atoms with Gasteiger partial charge in [0.25, 0.3) is 0 Å². The molecule has 3 nitrogen and oxygen atoms in total. The maximum Gasteiger partial charge on any atom is 0.417 e.